The minimum Gasteiger partial charge on any atom is -0.397 e. The smallest absolute Gasteiger partial charge is 0.0638 e. The van der Waals surface area contributed by atoms with E-state index in [0.717, 1.165) is 16.3 Å². The highest BCUT2D eigenvalue weighted by Gasteiger charge is 2.21. The molecule has 1 aliphatic rings. The first kappa shape index (κ1) is 11.9. The van der Waals surface area contributed by atoms with Gasteiger partial charge < -0.3 is 5.73 Å². The Morgan fingerprint density at radius 2 is 2.22 bits per heavy atom. The lowest BCUT2D eigenvalue weighted by Gasteiger charge is -2.09. The minimum absolute atomic E-state index is 0.653. The van der Waals surface area contributed by atoms with Crippen LogP contribution in [0.15, 0.2) is 52.5 Å². The van der Waals surface area contributed by atoms with E-state index in [9.17, 15) is 0 Å². The summed E-state index contributed by atoms with van der Waals surface area (Å²) in [5.41, 5.74) is 8.16. The average molecular weight is 274 g/mol. The average Bonchev–Trinajstić information content (AvgIpc) is 2.80. The molecule has 18 heavy (non-hydrogen) atoms. The number of hydrogen-bond acceptors (Lipinski definition) is 4. The summed E-state index contributed by atoms with van der Waals surface area (Å²) in [5, 5.41) is 0.653. The molecule has 2 N–H and O–H groups in total. The standard InChI is InChI=1S/C14H14N2S2/c15-12-8-16-6-5-14(12)17-9-11-7-10-3-1-2-4-13(10)18-11/h1-6,8,11H,7,9,15H2. The normalized spacial score (nSPS) is 17.7. The highest BCUT2D eigenvalue weighted by molar-refractivity contribution is 8.03. The van der Waals surface area contributed by atoms with Crippen molar-refractivity contribution in [2.24, 2.45) is 0 Å². The molecule has 1 aliphatic heterocycles. The van der Waals surface area contributed by atoms with E-state index >= 15 is 0 Å². The number of fused-ring (bicyclic) bond motifs is 1. The first-order chi connectivity index (χ1) is 8.83. The van der Waals surface area contributed by atoms with Gasteiger partial charge in [-0.25, -0.2) is 0 Å². The predicted molar refractivity (Wildman–Crippen MR) is 79.2 cm³/mol. The van der Waals surface area contributed by atoms with Crippen LogP contribution < -0.4 is 5.73 Å². The van der Waals surface area contributed by atoms with E-state index in [1.807, 2.05) is 29.6 Å². The Kier molecular flexibility index (Phi) is 3.48. The second-order valence-corrected chi connectivity index (χ2v) is 6.68. The van der Waals surface area contributed by atoms with Gasteiger partial charge in [0.15, 0.2) is 0 Å². The fourth-order valence-electron chi connectivity index (χ4n) is 2.05. The summed E-state index contributed by atoms with van der Waals surface area (Å²) in [5.74, 6) is 1.09. The van der Waals surface area contributed by atoms with Gasteiger partial charge >= 0.3 is 0 Å². The van der Waals surface area contributed by atoms with Crippen molar-refractivity contribution in [1.29, 1.82) is 0 Å². The molecule has 1 atom stereocenters. The van der Waals surface area contributed by atoms with Gasteiger partial charge in [0.1, 0.15) is 0 Å². The molecule has 0 radical (unpaired) electrons. The van der Waals surface area contributed by atoms with Gasteiger partial charge in [-0.1, -0.05) is 18.2 Å². The second kappa shape index (κ2) is 5.24. The van der Waals surface area contributed by atoms with Crippen molar-refractivity contribution < 1.29 is 0 Å². The summed E-state index contributed by atoms with van der Waals surface area (Å²) in [6.07, 6.45) is 4.69. The van der Waals surface area contributed by atoms with Crippen LogP contribution in [-0.2, 0) is 6.42 Å². The van der Waals surface area contributed by atoms with E-state index in [2.05, 4.69) is 29.2 Å². The third-order valence-electron chi connectivity index (χ3n) is 2.95. The van der Waals surface area contributed by atoms with Gasteiger partial charge in [-0.15, -0.1) is 23.5 Å². The molecule has 1 unspecified atom stereocenters. The molecule has 2 heterocycles. The number of benzene rings is 1. The van der Waals surface area contributed by atoms with Crippen LogP contribution in [0, 0.1) is 0 Å². The molecular formula is C14H14N2S2. The number of nitrogens with two attached hydrogens (primary N) is 1. The van der Waals surface area contributed by atoms with Crippen LogP contribution in [0.5, 0.6) is 0 Å². The van der Waals surface area contributed by atoms with E-state index in [0.29, 0.717) is 5.25 Å². The van der Waals surface area contributed by atoms with Crippen LogP contribution in [-0.4, -0.2) is 16.0 Å². The quantitative estimate of drug-likeness (QED) is 0.870. The zero-order valence-corrected chi connectivity index (χ0v) is 11.5. The van der Waals surface area contributed by atoms with E-state index in [1.54, 1.807) is 12.4 Å². The Labute approximate surface area is 115 Å². The molecule has 0 bridgehead atoms. The Hall–Kier alpha value is -1.13. The van der Waals surface area contributed by atoms with Gasteiger partial charge in [-0.2, -0.15) is 0 Å². The molecule has 1 aromatic heterocycles. The molecule has 92 valence electrons. The molecule has 0 spiro atoms. The molecule has 0 amide bonds. The first-order valence-electron chi connectivity index (χ1n) is 5.90. The lowest BCUT2D eigenvalue weighted by Crippen LogP contribution is -2.04. The molecular weight excluding hydrogens is 260 g/mol. The van der Waals surface area contributed by atoms with Crippen LogP contribution >= 0.6 is 23.5 Å². The zero-order chi connectivity index (χ0) is 12.4. The number of nitrogens with zero attached hydrogens (tertiary/aromatic N) is 1. The van der Waals surface area contributed by atoms with Gasteiger partial charge in [0.25, 0.3) is 0 Å². The number of hydrogen-bond donors (Lipinski definition) is 1. The molecule has 0 saturated heterocycles. The van der Waals surface area contributed by atoms with E-state index in [4.69, 9.17) is 5.73 Å². The van der Waals surface area contributed by atoms with Crippen molar-refractivity contribution in [3.8, 4) is 0 Å². The summed E-state index contributed by atoms with van der Waals surface area (Å²) in [6, 6.07) is 10.7. The lowest BCUT2D eigenvalue weighted by molar-refractivity contribution is 0.970. The molecule has 4 heteroatoms. The van der Waals surface area contributed by atoms with Gasteiger partial charge in [0.05, 0.1) is 11.9 Å². The van der Waals surface area contributed by atoms with Gasteiger partial charge in [0, 0.05) is 27.0 Å². The summed E-state index contributed by atoms with van der Waals surface area (Å²) in [4.78, 5) is 6.59. The highest BCUT2D eigenvalue weighted by Crippen LogP contribution is 2.39. The fourth-order valence-corrected chi connectivity index (χ4v) is 4.47. The third-order valence-corrected chi connectivity index (χ3v) is 5.73. The summed E-state index contributed by atoms with van der Waals surface area (Å²) in [6.45, 7) is 0. The van der Waals surface area contributed by atoms with Crippen molar-refractivity contribution in [3.05, 3.63) is 48.3 Å². The van der Waals surface area contributed by atoms with Crippen molar-refractivity contribution >= 4 is 29.2 Å². The summed E-state index contributed by atoms with van der Waals surface area (Å²) in [7, 11) is 0. The number of rotatable bonds is 3. The van der Waals surface area contributed by atoms with Crippen LogP contribution in [0.2, 0.25) is 0 Å². The fraction of sp³-hybridized carbons (Fsp3) is 0.214. The molecule has 0 fully saturated rings. The van der Waals surface area contributed by atoms with Crippen molar-refractivity contribution in [2.45, 2.75) is 21.5 Å². The number of aromatic nitrogens is 1. The van der Waals surface area contributed by atoms with Crippen molar-refractivity contribution in [3.63, 3.8) is 0 Å². The summed E-state index contributed by atoms with van der Waals surface area (Å²) < 4.78 is 0. The van der Waals surface area contributed by atoms with Gasteiger partial charge in [-0.3, -0.25) is 4.98 Å². The number of anilines is 1. The Bertz CT molecular complexity index is 532. The van der Waals surface area contributed by atoms with Crippen molar-refractivity contribution in [1.82, 2.24) is 4.98 Å². The molecule has 2 nitrogen and oxygen atoms in total. The van der Waals surface area contributed by atoms with E-state index < -0.39 is 0 Å². The first-order valence-corrected chi connectivity index (χ1v) is 7.76. The maximum absolute atomic E-state index is 5.90. The number of nitrogen functional groups attached to an aromatic ring is 1. The maximum atomic E-state index is 5.90. The summed E-state index contributed by atoms with van der Waals surface area (Å²) >= 11 is 3.81. The van der Waals surface area contributed by atoms with E-state index in [1.165, 1.54) is 16.9 Å². The topological polar surface area (TPSA) is 38.9 Å². The highest BCUT2D eigenvalue weighted by atomic mass is 32.2. The molecule has 1 aromatic carbocycles. The monoisotopic (exact) mass is 274 g/mol. The maximum Gasteiger partial charge on any atom is 0.0638 e. The minimum atomic E-state index is 0.653. The number of pyridine rings is 1. The predicted octanol–water partition coefficient (Wildman–Crippen LogP) is 3.47. The Morgan fingerprint density at radius 1 is 1.33 bits per heavy atom. The lowest BCUT2D eigenvalue weighted by atomic mass is 10.1. The third kappa shape index (κ3) is 2.49. The molecule has 0 aliphatic carbocycles. The van der Waals surface area contributed by atoms with Crippen LogP contribution in [0.3, 0.4) is 0 Å². The largest absolute Gasteiger partial charge is 0.397 e. The second-order valence-electron chi connectivity index (χ2n) is 4.28. The van der Waals surface area contributed by atoms with Crippen LogP contribution in [0.25, 0.3) is 0 Å². The zero-order valence-electron chi connectivity index (χ0n) is 9.87. The van der Waals surface area contributed by atoms with Crippen LogP contribution in [0.4, 0.5) is 5.69 Å². The number of thioether (sulfide) groups is 2. The molecule has 2 aromatic rings. The molecule has 3 rings (SSSR count). The van der Waals surface area contributed by atoms with E-state index in [-0.39, 0.29) is 0 Å². The molecule has 0 saturated carbocycles. The van der Waals surface area contributed by atoms with Gasteiger partial charge in [-0.05, 0) is 24.1 Å². The SMILES string of the molecule is Nc1cnccc1SCC1Cc2ccccc2S1. The Balaban J connectivity index is 1.62. The van der Waals surface area contributed by atoms with Gasteiger partial charge in [0.2, 0.25) is 0 Å². The Morgan fingerprint density at radius 3 is 3.06 bits per heavy atom. The van der Waals surface area contributed by atoms with Crippen LogP contribution in [0.1, 0.15) is 5.56 Å². The van der Waals surface area contributed by atoms with Crippen molar-refractivity contribution in [2.75, 3.05) is 11.5 Å².